The Morgan fingerprint density at radius 2 is 1.88 bits per heavy atom. The highest BCUT2D eigenvalue weighted by Crippen LogP contribution is 2.32. The molecule has 4 rings (SSSR count). The van der Waals surface area contributed by atoms with Crippen LogP contribution in [0, 0.1) is 0 Å². The van der Waals surface area contributed by atoms with Gasteiger partial charge in [-0.3, -0.25) is 0 Å². The number of halogens is 1. The van der Waals surface area contributed by atoms with E-state index in [1.807, 2.05) is 6.07 Å². The first-order valence-corrected chi connectivity index (χ1v) is 8.40. The third-order valence-electron chi connectivity index (χ3n) is 4.31. The molecule has 3 N–H and O–H groups in total. The molecule has 0 unspecified atom stereocenters. The highest BCUT2D eigenvalue weighted by atomic mass is 35.5. The summed E-state index contributed by atoms with van der Waals surface area (Å²) in [5.74, 6) is 1.26. The Labute approximate surface area is 150 Å². The fraction of sp³-hybridized carbons (Fsp3) is 0.167. The predicted octanol–water partition coefficient (Wildman–Crippen LogP) is 3.41. The molecule has 0 saturated heterocycles. The summed E-state index contributed by atoms with van der Waals surface area (Å²) in [4.78, 5) is 14.9. The highest BCUT2D eigenvalue weighted by Gasteiger charge is 2.20. The Morgan fingerprint density at radius 1 is 1.04 bits per heavy atom. The Balaban J connectivity index is 1.63. The minimum absolute atomic E-state index is 0.369. The molecule has 126 valence electrons. The summed E-state index contributed by atoms with van der Waals surface area (Å²) in [7, 11) is 0. The van der Waals surface area contributed by atoms with Crippen LogP contribution in [0.15, 0.2) is 48.9 Å². The van der Waals surface area contributed by atoms with Gasteiger partial charge in [-0.2, -0.15) is 0 Å². The highest BCUT2D eigenvalue weighted by molar-refractivity contribution is 6.32. The van der Waals surface area contributed by atoms with Crippen LogP contribution in [0.25, 0.3) is 0 Å². The third kappa shape index (κ3) is 3.08. The van der Waals surface area contributed by atoms with E-state index in [0.29, 0.717) is 22.3 Å². The first-order valence-electron chi connectivity index (χ1n) is 8.02. The van der Waals surface area contributed by atoms with Gasteiger partial charge in [0.2, 0.25) is 0 Å². The molecule has 6 nitrogen and oxygen atoms in total. The number of nitrogens with one attached hydrogen (secondary N) is 1. The second-order valence-corrected chi connectivity index (χ2v) is 6.22. The van der Waals surface area contributed by atoms with Crippen molar-refractivity contribution in [2.75, 3.05) is 22.5 Å². The molecule has 1 aliphatic heterocycles. The molecule has 0 bridgehead atoms. The number of hydrogen-bond donors (Lipinski definition) is 2. The van der Waals surface area contributed by atoms with Gasteiger partial charge in [-0.1, -0.05) is 35.9 Å². The van der Waals surface area contributed by atoms with Crippen LogP contribution in [0.1, 0.15) is 11.1 Å². The number of rotatable bonds is 3. The number of nitrogens with zero attached hydrogens (tertiary/aromatic N) is 4. The maximum absolute atomic E-state index is 6.34. The van der Waals surface area contributed by atoms with E-state index in [1.165, 1.54) is 17.5 Å². The number of benzene rings is 1. The van der Waals surface area contributed by atoms with Crippen LogP contribution in [-0.2, 0) is 13.0 Å². The molecule has 0 saturated carbocycles. The lowest BCUT2D eigenvalue weighted by Crippen LogP contribution is -2.31. The van der Waals surface area contributed by atoms with Gasteiger partial charge in [0.05, 0.1) is 5.69 Å². The van der Waals surface area contributed by atoms with E-state index in [2.05, 4.69) is 49.4 Å². The van der Waals surface area contributed by atoms with Gasteiger partial charge in [-0.25, -0.2) is 15.0 Å². The number of nitrogens with two attached hydrogens (primary N) is 1. The minimum atomic E-state index is 0.369. The second-order valence-electron chi connectivity index (χ2n) is 5.87. The summed E-state index contributed by atoms with van der Waals surface area (Å²) in [6, 6.07) is 12.1. The lowest BCUT2D eigenvalue weighted by atomic mass is 10.00. The molecule has 3 aromatic rings. The molecule has 3 heterocycles. The minimum Gasteiger partial charge on any atom is -0.393 e. The molecule has 0 fully saturated rings. The lowest BCUT2D eigenvalue weighted by molar-refractivity contribution is 0.721. The zero-order chi connectivity index (χ0) is 17.2. The van der Waals surface area contributed by atoms with Gasteiger partial charge < -0.3 is 16.0 Å². The fourth-order valence-electron chi connectivity index (χ4n) is 3.02. The van der Waals surface area contributed by atoms with Gasteiger partial charge in [-0.05, 0) is 29.7 Å². The normalized spacial score (nSPS) is 13.4. The SMILES string of the molecule is Nc1c(Nc2cccnc2Cl)ncnc1N1CCc2ccccc2C1. The molecule has 2 aromatic heterocycles. The number of anilines is 4. The van der Waals surface area contributed by atoms with Crippen molar-refractivity contribution in [1.29, 1.82) is 0 Å². The molecular weight excluding hydrogens is 336 g/mol. The molecule has 7 heteroatoms. The Morgan fingerprint density at radius 3 is 2.72 bits per heavy atom. The number of hydrogen-bond acceptors (Lipinski definition) is 6. The topological polar surface area (TPSA) is 80.0 Å². The summed E-state index contributed by atoms with van der Waals surface area (Å²) >= 11 is 6.10. The van der Waals surface area contributed by atoms with Crippen molar-refractivity contribution in [1.82, 2.24) is 15.0 Å². The van der Waals surface area contributed by atoms with E-state index < -0.39 is 0 Å². The predicted molar refractivity (Wildman–Crippen MR) is 100 cm³/mol. The maximum Gasteiger partial charge on any atom is 0.159 e. The molecule has 0 atom stereocenters. The summed E-state index contributed by atoms with van der Waals surface area (Å²) in [6.45, 7) is 1.65. The van der Waals surface area contributed by atoms with Crippen LogP contribution in [0.5, 0.6) is 0 Å². The average Bonchev–Trinajstić information content (AvgIpc) is 2.65. The van der Waals surface area contributed by atoms with E-state index in [1.54, 1.807) is 12.3 Å². The van der Waals surface area contributed by atoms with Crippen molar-refractivity contribution in [3.63, 3.8) is 0 Å². The van der Waals surface area contributed by atoms with Crippen LogP contribution in [-0.4, -0.2) is 21.5 Å². The number of pyridine rings is 1. The maximum atomic E-state index is 6.34. The van der Waals surface area contributed by atoms with Gasteiger partial charge in [0.25, 0.3) is 0 Å². The standard InChI is InChI=1S/C18H17ClN6/c19-16-14(6-3-8-21-16)24-17-15(20)18(23-11-22-17)25-9-7-12-4-1-2-5-13(12)10-25/h1-6,8,11H,7,9-10,20H2,(H,22,23,24). The van der Waals surface area contributed by atoms with E-state index in [-0.39, 0.29) is 0 Å². The van der Waals surface area contributed by atoms with Crippen LogP contribution in [0.4, 0.5) is 23.0 Å². The average molecular weight is 353 g/mol. The monoisotopic (exact) mass is 352 g/mol. The van der Waals surface area contributed by atoms with E-state index >= 15 is 0 Å². The van der Waals surface area contributed by atoms with E-state index in [0.717, 1.165) is 25.3 Å². The van der Waals surface area contributed by atoms with Gasteiger partial charge in [0.1, 0.15) is 12.0 Å². The van der Waals surface area contributed by atoms with Gasteiger partial charge >= 0.3 is 0 Å². The van der Waals surface area contributed by atoms with Crippen LogP contribution in [0.3, 0.4) is 0 Å². The Bertz CT molecular complexity index is 914. The zero-order valence-electron chi connectivity index (χ0n) is 13.5. The number of nitrogen functional groups attached to an aromatic ring is 1. The Kier molecular flexibility index (Phi) is 4.11. The number of aromatic nitrogens is 3. The van der Waals surface area contributed by atoms with Crippen LogP contribution in [0.2, 0.25) is 5.15 Å². The van der Waals surface area contributed by atoms with E-state index in [9.17, 15) is 0 Å². The lowest BCUT2D eigenvalue weighted by Gasteiger charge is -2.30. The molecule has 0 spiro atoms. The molecule has 1 aromatic carbocycles. The zero-order valence-corrected chi connectivity index (χ0v) is 14.2. The van der Waals surface area contributed by atoms with Gasteiger partial charge in [0.15, 0.2) is 16.8 Å². The summed E-state index contributed by atoms with van der Waals surface area (Å²) < 4.78 is 0. The Hall–Kier alpha value is -2.86. The smallest absolute Gasteiger partial charge is 0.159 e. The van der Waals surface area contributed by atoms with E-state index in [4.69, 9.17) is 17.3 Å². The van der Waals surface area contributed by atoms with Crippen molar-refractivity contribution in [2.45, 2.75) is 13.0 Å². The van der Waals surface area contributed by atoms with Gasteiger partial charge in [-0.15, -0.1) is 0 Å². The number of fused-ring (bicyclic) bond motifs is 1. The van der Waals surface area contributed by atoms with Crippen LogP contribution >= 0.6 is 11.6 Å². The summed E-state index contributed by atoms with van der Waals surface area (Å²) in [5.41, 5.74) is 10.2. The summed E-state index contributed by atoms with van der Waals surface area (Å²) in [6.07, 6.45) is 4.11. The summed E-state index contributed by atoms with van der Waals surface area (Å²) in [5, 5.41) is 3.51. The third-order valence-corrected chi connectivity index (χ3v) is 4.61. The van der Waals surface area contributed by atoms with Crippen molar-refractivity contribution in [2.24, 2.45) is 0 Å². The van der Waals surface area contributed by atoms with Crippen molar-refractivity contribution in [3.05, 3.63) is 65.2 Å². The quantitative estimate of drug-likeness (QED) is 0.703. The molecule has 1 aliphatic rings. The largest absolute Gasteiger partial charge is 0.393 e. The molecular formula is C18H17ClN6. The van der Waals surface area contributed by atoms with Crippen LogP contribution < -0.4 is 16.0 Å². The van der Waals surface area contributed by atoms with Crippen molar-refractivity contribution < 1.29 is 0 Å². The van der Waals surface area contributed by atoms with Gasteiger partial charge in [0, 0.05) is 19.3 Å². The first kappa shape index (κ1) is 15.7. The van der Waals surface area contributed by atoms with Crippen molar-refractivity contribution in [3.8, 4) is 0 Å². The van der Waals surface area contributed by atoms with Crippen molar-refractivity contribution >= 4 is 34.6 Å². The fourth-order valence-corrected chi connectivity index (χ4v) is 3.19. The molecule has 0 amide bonds. The molecule has 0 radical (unpaired) electrons. The molecule has 25 heavy (non-hydrogen) atoms. The first-order chi connectivity index (χ1) is 12.2. The molecule has 0 aliphatic carbocycles. The second kappa shape index (κ2) is 6.57.